The molecular weight excluding hydrogens is 498 g/mol. The van der Waals surface area contributed by atoms with Gasteiger partial charge in [-0.25, -0.2) is 9.71 Å². The van der Waals surface area contributed by atoms with E-state index in [0.29, 0.717) is 32.0 Å². The largest absolute Gasteiger partial charge is 0.354 e. The normalized spacial score (nSPS) is 15.6. The smallest absolute Gasteiger partial charge is 0.304 e. The first kappa shape index (κ1) is 28.4. The molecule has 198 valence electrons. The van der Waals surface area contributed by atoms with Gasteiger partial charge in [-0.3, -0.25) is 4.79 Å². The van der Waals surface area contributed by atoms with Crippen LogP contribution in [-0.4, -0.2) is 73.8 Å². The van der Waals surface area contributed by atoms with Crippen LogP contribution >= 0.6 is 11.6 Å². The summed E-state index contributed by atoms with van der Waals surface area (Å²) in [7, 11) is -2.08. The molecule has 1 aliphatic heterocycles. The Morgan fingerprint density at radius 3 is 2.44 bits per heavy atom. The van der Waals surface area contributed by atoms with Crippen molar-refractivity contribution in [1.82, 2.24) is 18.9 Å². The van der Waals surface area contributed by atoms with E-state index in [-0.39, 0.29) is 11.1 Å². The minimum Gasteiger partial charge on any atom is -0.354 e. The topological polar surface area (TPSA) is 85.8 Å². The Bertz CT molecular complexity index is 1120. The van der Waals surface area contributed by atoms with Gasteiger partial charge in [0.2, 0.25) is 0 Å². The predicted octanol–water partition coefficient (Wildman–Crippen LogP) is 3.97. The molecule has 8 nitrogen and oxygen atoms in total. The second kappa shape index (κ2) is 12.4. The summed E-state index contributed by atoms with van der Waals surface area (Å²) < 4.78 is 29.6. The van der Waals surface area contributed by atoms with Crippen molar-refractivity contribution in [3.05, 3.63) is 58.7 Å². The zero-order valence-corrected chi connectivity index (χ0v) is 23.3. The first-order chi connectivity index (χ1) is 17.0. The molecule has 0 aliphatic carbocycles. The van der Waals surface area contributed by atoms with E-state index < -0.39 is 16.1 Å². The van der Waals surface area contributed by atoms with E-state index in [2.05, 4.69) is 35.4 Å². The number of nitrogens with one attached hydrogen (secondary N) is 1. The Morgan fingerprint density at radius 2 is 1.81 bits per heavy atom. The number of rotatable bonds is 11. The standard InChI is InChI=1S/C26H38ClN5O3S/c1-5-14-26(2,3)30(4)24-23(9-6-15-28-24)25(33)29-36(34,35)32-19-17-31(18-20-32)16-7-8-21-10-12-22(27)13-11-21/h6,9-13,15H,5,7-8,14,16-20H2,1-4H3,(H,29,33). The lowest BCUT2D eigenvalue weighted by atomic mass is 9.96. The summed E-state index contributed by atoms with van der Waals surface area (Å²) in [4.78, 5) is 21.7. The van der Waals surface area contributed by atoms with E-state index in [1.807, 2.05) is 36.2 Å². The number of aryl methyl sites for hydroxylation is 1. The number of anilines is 1. The monoisotopic (exact) mass is 535 g/mol. The highest BCUT2D eigenvalue weighted by Gasteiger charge is 2.31. The Hall–Kier alpha value is -2.20. The molecule has 1 N–H and O–H groups in total. The average molecular weight is 536 g/mol. The molecule has 36 heavy (non-hydrogen) atoms. The molecule has 1 saturated heterocycles. The summed E-state index contributed by atoms with van der Waals surface area (Å²) in [6, 6.07) is 11.1. The van der Waals surface area contributed by atoms with Gasteiger partial charge in [-0.05, 0) is 69.5 Å². The average Bonchev–Trinajstić information content (AvgIpc) is 2.85. The van der Waals surface area contributed by atoms with Gasteiger partial charge in [-0.1, -0.05) is 37.1 Å². The van der Waals surface area contributed by atoms with Crippen molar-refractivity contribution in [2.45, 2.75) is 52.0 Å². The van der Waals surface area contributed by atoms with E-state index in [0.717, 1.165) is 37.3 Å². The SMILES string of the molecule is CCCC(C)(C)N(C)c1ncccc1C(=O)NS(=O)(=O)N1CCN(CCCc2ccc(Cl)cc2)CC1. The number of piperazine rings is 1. The minimum atomic E-state index is -3.96. The number of amides is 1. The third-order valence-electron chi connectivity index (χ3n) is 6.86. The maximum absolute atomic E-state index is 13.1. The summed E-state index contributed by atoms with van der Waals surface area (Å²) in [5.41, 5.74) is 1.25. The molecule has 0 bridgehead atoms. The molecule has 1 fully saturated rings. The number of pyridine rings is 1. The van der Waals surface area contributed by atoms with Gasteiger partial charge in [0.1, 0.15) is 5.82 Å². The number of hydrogen-bond donors (Lipinski definition) is 1. The van der Waals surface area contributed by atoms with E-state index in [9.17, 15) is 13.2 Å². The van der Waals surface area contributed by atoms with E-state index >= 15 is 0 Å². The van der Waals surface area contributed by atoms with E-state index in [1.54, 1.807) is 18.3 Å². The fourth-order valence-electron chi connectivity index (χ4n) is 4.50. The molecule has 1 aliphatic rings. The van der Waals surface area contributed by atoms with Crippen molar-refractivity contribution in [2.24, 2.45) is 0 Å². The molecule has 0 spiro atoms. The Morgan fingerprint density at radius 1 is 1.14 bits per heavy atom. The van der Waals surface area contributed by atoms with Crippen molar-refractivity contribution >= 4 is 33.5 Å². The maximum atomic E-state index is 13.1. The third kappa shape index (κ3) is 7.41. The first-order valence-corrected chi connectivity index (χ1v) is 14.3. The lowest BCUT2D eigenvalue weighted by Gasteiger charge is -2.37. The van der Waals surface area contributed by atoms with Crippen LogP contribution in [0, 0.1) is 0 Å². The number of nitrogens with zero attached hydrogens (tertiary/aromatic N) is 4. The fourth-order valence-corrected chi connectivity index (χ4v) is 5.74. The van der Waals surface area contributed by atoms with Crippen molar-refractivity contribution in [2.75, 3.05) is 44.7 Å². The van der Waals surface area contributed by atoms with Gasteiger partial charge >= 0.3 is 10.2 Å². The summed E-state index contributed by atoms with van der Waals surface area (Å²) in [5.74, 6) is -0.197. The van der Waals surface area contributed by atoms with E-state index in [4.69, 9.17) is 11.6 Å². The molecule has 10 heteroatoms. The lowest BCUT2D eigenvalue weighted by molar-refractivity contribution is 0.0977. The third-order valence-corrected chi connectivity index (χ3v) is 8.61. The zero-order valence-electron chi connectivity index (χ0n) is 21.7. The van der Waals surface area contributed by atoms with Crippen LogP contribution in [-0.2, 0) is 16.6 Å². The Balaban J connectivity index is 1.55. The highest BCUT2D eigenvalue weighted by molar-refractivity contribution is 7.87. The second-order valence-electron chi connectivity index (χ2n) is 9.90. The van der Waals surface area contributed by atoms with Crippen LogP contribution in [0.2, 0.25) is 5.02 Å². The molecule has 0 saturated carbocycles. The van der Waals surface area contributed by atoms with Crippen LogP contribution in [0.25, 0.3) is 0 Å². The highest BCUT2D eigenvalue weighted by atomic mass is 35.5. The second-order valence-corrected chi connectivity index (χ2v) is 12.0. The van der Waals surface area contributed by atoms with Gasteiger partial charge in [0.25, 0.3) is 5.91 Å². The van der Waals surface area contributed by atoms with Crippen LogP contribution in [0.15, 0.2) is 42.6 Å². The van der Waals surface area contributed by atoms with Crippen LogP contribution in [0.1, 0.15) is 56.0 Å². The minimum absolute atomic E-state index is 0.235. The Kier molecular flexibility index (Phi) is 9.74. The molecule has 0 radical (unpaired) electrons. The van der Waals surface area contributed by atoms with Gasteiger partial charge < -0.3 is 9.80 Å². The lowest BCUT2D eigenvalue weighted by Crippen LogP contribution is -2.53. The van der Waals surface area contributed by atoms with Crippen molar-refractivity contribution in [3.63, 3.8) is 0 Å². The molecule has 1 amide bonds. The molecular formula is C26H38ClN5O3S. The number of carbonyl (C=O) groups excluding carboxylic acids is 1. The summed E-state index contributed by atoms with van der Waals surface area (Å²) >= 11 is 5.94. The van der Waals surface area contributed by atoms with Gasteiger partial charge in [0, 0.05) is 50.0 Å². The molecule has 1 aromatic heterocycles. The van der Waals surface area contributed by atoms with E-state index in [1.165, 1.54) is 9.87 Å². The fraction of sp³-hybridized carbons (Fsp3) is 0.538. The van der Waals surface area contributed by atoms with Gasteiger partial charge in [-0.2, -0.15) is 12.7 Å². The van der Waals surface area contributed by atoms with Gasteiger partial charge in [0.15, 0.2) is 0 Å². The molecule has 3 rings (SSSR count). The maximum Gasteiger partial charge on any atom is 0.304 e. The molecule has 2 heterocycles. The quantitative estimate of drug-likeness (QED) is 0.468. The van der Waals surface area contributed by atoms with Crippen molar-refractivity contribution in [1.29, 1.82) is 0 Å². The van der Waals surface area contributed by atoms with Crippen LogP contribution in [0.5, 0.6) is 0 Å². The summed E-state index contributed by atoms with van der Waals surface area (Å²) in [5, 5.41) is 0.732. The molecule has 0 unspecified atom stereocenters. The molecule has 1 aromatic carbocycles. The zero-order chi connectivity index (χ0) is 26.3. The van der Waals surface area contributed by atoms with Crippen molar-refractivity contribution < 1.29 is 13.2 Å². The number of carbonyl (C=O) groups is 1. The highest BCUT2D eigenvalue weighted by Crippen LogP contribution is 2.27. The summed E-state index contributed by atoms with van der Waals surface area (Å²) in [6.07, 6.45) is 5.43. The Labute approximate surface area is 220 Å². The number of benzene rings is 1. The predicted molar refractivity (Wildman–Crippen MR) is 146 cm³/mol. The number of hydrogen-bond acceptors (Lipinski definition) is 6. The van der Waals surface area contributed by atoms with Crippen LogP contribution in [0.3, 0.4) is 0 Å². The van der Waals surface area contributed by atoms with Crippen LogP contribution in [0.4, 0.5) is 5.82 Å². The van der Waals surface area contributed by atoms with Crippen LogP contribution < -0.4 is 9.62 Å². The summed E-state index contributed by atoms with van der Waals surface area (Å²) in [6.45, 7) is 9.09. The van der Waals surface area contributed by atoms with Gasteiger partial charge in [0.05, 0.1) is 5.56 Å². The molecule has 0 atom stereocenters. The number of aromatic nitrogens is 1. The number of halogens is 1. The first-order valence-electron chi connectivity index (χ1n) is 12.5. The van der Waals surface area contributed by atoms with Gasteiger partial charge in [-0.15, -0.1) is 0 Å². The molecule has 2 aromatic rings. The van der Waals surface area contributed by atoms with Crippen molar-refractivity contribution in [3.8, 4) is 0 Å².